The largest absolute Gasteiger partial charge is 0.444 e. The lowest BCUT2D eigenvalue weighted by atomic mass is 9.96. The summed E-state index contributed by atoms with van der Waals surface area (Å²) in [5.74, 6) is 0. The van der Waals surface area contributed by atoms with Crippen molar-refractivity contribution in [2.75, 3.05) is 0 Å². The minimum atomic E-state index is -0.110. The van der Waals surface area contributed by atoms with Gasteiger partial charge in [0.1, 0.15) is 6.61 Å². The molecule has 2 atom stereocenters. The van der Waals surface area contributed by atoms with Gasteiger partial charge in [0.25, 0.3) is 0 Å². The average molecular weight is 560 g/mol. The van der Waals surface area contributed by atoms with Gasteiger partial charge in [0, 0.05) is 17.6 Å². The quantitative estimate of drug-likeness (QED) is 0.102. The van der Waals surface area contributed by atoms with E-state index in [1.165, 1.54) is 85.8 Å². The number of amides is 1. The Hall–Kier alpha value is -2.55. The number of fused-ring (bicyclic) bond motifs is 2. The highest BCUT2D eigenvalue weighted by Crippen LogP contribution is 2.30. The Morgan fingerprint density at radius 3 is 1.54 bits per heavy atom. The van der Waals surface area contributed by atoms with Gasteiger partial charge in [0.05, 0.1) is 0 Å². The van der Waals surface area contributed by atoms with Crippen LogP contribution in [0.5, 0.6) is 0 Å². The van der Waals surface area contributed by atoms with Gasteiger partial charge < -0.3 is 9.64 Å². The van der Waals surface area contributed by atoms with Crippen LogP contribution >= 0.6 is 0 Å². The predicted molar refractivity (Wildman–Crippen MR) is 178 cm³/mol. The second kappa shape index (κ2) is 18.8. The fourth-order valence-corrected chi connectivity index (χ4v) is 6.55. The molecule has 0 spiro atoms. The maximum absolute atomic E-state index is 14.2. The number of unbranched alkanes of at least 4 members (excludes halogenated alkanes) is 8. The zero-order valence-corrected chi connectivity index (χ0v) is 26.6. The molecule has 3 heteroatoms. The van der Waals surface area contributed by atoms with Gasteiger partial charge in [-0.2, -0.15) is 0 Å². The Balaban J connectivity index is 1.86. The number of hydrogen-bond acceptors (Lipinski definition) is 2. The summed E-state index contributed by atoms with van der Waals surface area (Å²) in [5.41, 5.74) is 1.12. The molecule has 0 aromatic heterocycles. The van der Waals surface area contributed by atoms with Crippen LogP contribution in [0.2, 0.25) is 0 Å². The van der Waals surface area contributed by atoms with Crippen molar-refractivity contribution >= 4 is 27.6 Å². The van der Waals surface area contributed by atoms with Crippen molar-refractivity contribution in [2.24, 2.45) is 0 Å². The predicted octanol–water partition coefficient (Wildman–Crippen LogP) is 12.0. The highest BCUT2D eigenvalue weighted by molar-refractivity contribution is 6.02. The molecule has 226 valence electrons. The molecular formula is C38H57NO2. The summed E-state index contributed by atoms with van der Waals surface area (Å²) < 4.78 is 6.34. The van der Waals surface area contributed by atoms with Crippen LogP contribution in [0.1, 0.15) is 136 Å². The molecule has 0 saturated heterocycles. The highest BCUT2D eigenvalue weighted by atomic mass is 16.6. The number of carbonyl (C=O) groups is 1. The Morgan fingerprint density at radius 1 is 0.610 bits per heavy atom. The number of ether oxygens (including phenoxy) is 1. The number of rotatable bonds is 20. The fourth-order valence-electron chi connectivity index (χ4n) is 6.55. The molecule has 2 unspecified atom stereocenters. The van der Waals surface area contributed by atoms with Crippen molar-refractivity contribution in [2.45, 2.75) is 149 Å². The first kappa shape index (κ1) is 33.0. The number of carbonyl (C=O) groups excluding carboxylic acids is 1. The molecule has 41 heavy (non-hydrogen) atoms. The molecule has 0 saturated carbocycles. The summed E-state index contributed by atoms with van der Waals surface area (Å²) in [4.78, 5) is 16.4. The number of nitrogens with zero attached hydrogens (tertiary/aromatic N) is 1. The minimum absolute atomic E-state index is 0.110. The van der Waals surface area contributed by atoms with Gasteiger partial charge in [-0.05, 0) is 53.3 Å². The lowest BCUT2D eigenvalue weighted by Gasteiger charge is -2.38. The maximum Gasteiger partial charge on any atom is 0.410 e. The third kappa shape index (κ3) is 10.0. The van der Waals surface area contributed by atoms with Gasteiger partial charge in [-0.1, -0.05) is 153 Å². The van der Waals surface area contributed by atoms with Gasteiger partial charge in [0.15, 0.2) is 0 Å². The first-order valence-corrected chi connectivity index (χ1v) is 17.0. The summed E-state index contributed by atoms with van der Waals surface area (Å²) in [6.45, 7) is 9.37. The van der Waals surface area contributed by atoms with Crippen LogP contribution in [-0.2, 0) is 11.3 Å². The third-order valence-corrected chi connectivity index (χ3v) is 8.75. The van der Waals surface area contributed by atoms with Gasteiger partial charge in [-0.3, -0.25) is 0 Å². The standard InChI is InChI=1S/C38H57NO2/c1-5-9-11-13-15-25-33(21-7-3)39(34(22-8-4)26-16-14-12-10-6-2)38(40)41-30-37-35-27-19-17-23-31(35)29-32-24-18-20-28-36(32)37/h17-20,23-24,27-29,33-34H,5-16,21-22,25-26,30H2,1-4H3. The van der Waals surface area contributed by atoms with Crippen LogP contribution in [0.25, 0.3) is 21.5 Å². The zero-order chi connectivity index (χ0) is 29.3. The third-order valence-electron chi connectivity index (χ3n) is 8.75. The van der Waals surface area contributed by atoms with Crippen LogP contribution in [0, 0.1) is 0 Å². The summed E-state index contributed by atoms with van der Waals surface area (Å²) in [6, 6.07) is 19.7. The molecule has 3 aromatic carbocycles. The monoisotopic (exact) mass is 559 g/mol. The Morgan fingerprint density at radius 2 is 1.07 bits per heavy atom. The second-order valence-electron chi connectivity index (χ2n) is 12.1. The van der Waals surface area contributed by atoms with E-state index in [0.29, 0.717) is 6.61 Å². The number of hydrogen-bond donors (Lipinski definition) is 0. The molecule has 3 rings (SSSR count). The van der Waals surface area contributed by atoms with Crippen molar-refractivity contribution in [3.8, 4) is 0 Å². The molecule has 0 fully saturated rings. The lowest BCUT2D eigenvalue weighted by Crippen LogP contribution is -2.47. The SMILES string of the molecule is CCCCCCCC(CCC)N(C(=O)OCc1c2ccccc2cc2ccccc12)C(CCC)CCCCCCC. The summed E-state index contributed by atoms with van der Waals surface area (Å²) in [5, 5.41) is 4.74. The molecule has 3 nitrogen and oxygen atoms in total. The van der Waals surface area contributed by atoms with E-state index >= 15 is 0 Å². The van der Waals surface area contributed by atoms with Crippen molar-refractivity contribution in [3.63, 3.8) is 0 Å². The van der Waals surface area contributed by atoms with E-state index in [1.54, 1.807) is 0 Å². The van der Waals surface area contributed by atoms with E-state index in [1.807, 2.05) is 0 Å². The molecule has 3 aromatic rings. The smallest absolute Gasteiger partial charge is 0.410 e. The van der Waals surface area contributed by atoms with Crippen LogP contribution < -0.4 is 0 Å². The molecule has 1 amide bonds. The summed E-state index contributed by atoms with van der Waals surface area (Å²) >= 11 is 0. The zero-order valence-electron chi connectivity index (χ0n) is 26.6. The molecule has 0 N–H and O–H groups in total. The van der Waals surface area contributed by atoms with E-state index in [-0.39, 0.29) is 18.2 Å². The van der Waals surface area contributed by atoms with Crippen molar-refractivity contribution in [3.05, 3.63) is 60.2 Å². The van der Waals surface area contributed by atoms with Crippen molar-refractivity contribution in [1.82, 2.24) is 4.90 Å². The first-order valence-electron chi connectivity index (χ1n) is 17.0. The average Bonchev–Trinajstić information content (AvgIpc) is 2.99. The van der Waals surface area contributed by atoms with Crippen LogP contribution in [0.15, 0.2) is 54.6 Å². The fraction of sp³-hybridized carbons (Fsp3) is 0.605. The van der Waals surface area contributed by atoms with Gasteiger partial charge >= 0.3 is 6.09 Å². The molecule has 0 heterocycles. The molecular weight excluding hydrogens is 502 g/mol. The number of benzene rings is 3. The normalized spacial score (nSPS) is 13.0. The van der Waals surface area contributed by atoms with E-state index in [2.05, 4.69) is 87.2 Å². The van der Waals surface area contributed by atoms with Crippen LogP contribution in [-0.4, -0.2) is 23.1 Å². The highest BCUT2D eigenvalue weighted by Gasteiger charge is 2.31. The van der Waals surface area contributed by atoms with E-state index in [0.717, 1.165) is 44.1 Å². The molecule has 0 aliphatic carbocycles. The molecule has 0 radical (unpaired) electrons. The molecule has 0 bridgehead atoms. The summed E-state index contributed by atoms with van der Waals surface area (Å²) in [6.07, 6.45) is 19.0. The molecule has 0 aliphatic heterocycles. The summed E-state index contributed by atoms with van der Waals surface area (Å²) in [7, 11) is 0. The van der Waals surface area contributed by atoms with Crippen molar-refractivity contribution in [1.29, 1.82) is 0 Å². The maximum atomic E-state index is 14.2. The Kier molecular flexibility index (Phi) is 15.1. The van der Waals surface area contributed by atoms with Gasteiger partial charge in [-0.25, -0.2) is 4.79 Å². The van der Waals surface area contributed by atoms with E-state index in [9.17, 15) is 4.79 Å². The van der Waals surface area contributed by atoms with Crippen LogP contribution in [0.3, 0.4) is 0 Å². The molecule has 0 aliphatic rings. The lowest BCUT2D eigenvalue weighted by molar-refractivity contribution is 0.0504. The Bertz CT molecular complexity index is 1080. The topological polar surface area (TPSA) is 29.5 Å². The van der Waals surface area contributed by atoms with Crippen LogP contribution in [0.4, 0.5) is 4.79 Å². The minimum Gasteiger partial charge on any atom is -0.444 e. The van der Waals surface area contributed by atoms with Gasteiger partial charge in [-0.15, -0.1) is 0 Å². The second-order valence-corrected chi connectivity index (χ2v) is 12.1. The van der Waals surface area contributed by atoms with E-state index in [4.69, 9.17) is 4.74 Å². The van der Waals surface area contributed by atoms with E-state index < -0.39 is 0 Å². The van der Waals surface area contributed by atoms with Gasteiger partial charge in [0.2, 0.25) is 0 Å². The Labute approximate surface area is 251 Å². The first-order chi connectivity index (χ1) is 20.1. The van der Waals surface area contributed by atoms with Crippen molar-refractivity contribution < 1.29 is 9.53 Å².